The highest BCUT2D eigenvalue weighted by Gasteiger charge is 2.08. The van der Waals surface area contributed by atoms with Crippen LogP contribution < -0.4 is 9.47 Å². The van der Waals surface area contributed by atoms with Gasteiger partial charge in [-0.3, -0.25) is 4.40 Å². The number of pyridine rings is 1. The first kappa shape index (κ1) is 12.5. The largest absolute Gasteiger partial charge is 0.496 e. The average molecular weight is 268 g/mol. The molecule has 0 aliphatic rings. The fourth-order valence-corrected chi connectivity index (χ4v) is 2.33. The SMILES string of the molecule is COc1ccccc1Cc1cn2c(OC)cccc2n1. The summed E-state index contributed by atoms with van der Waals surface area (Å²) in [7, 11) is 3.35. The average Bonchev–Trinajstić information content (AvgIpc) is 2.90. The topological polar surface area (TPSA) is 35.8 Å². The number of para-hydroxylation sites is 1. The standard InChI is InChI=1S/C16H16N2O2/c1-19-14-7-4-3-6-12(14)10-13-11-18-15(17-13)8-5-9-16(18)20-2/h3-9,11H,10H2,1-2H3. The number of benzene rings is 1. The third-order valence-corrected chi connectivity index (χ3v) is 3.28. The van der Waals surface area contributed by atoms with Crippen LogP contribution in [0, 0.1) is 0 Å². The van der Waals surface area contributed by atoms with Crippen molar-refractivity contribution < 1.29 is 9.47 Å². The highest BCUT2D eigenvalue weighted by Crippen LogP contribution is 2.22. The number of hydrogen-bond acceptors (Lipinski definition) is 3. The van der Waals surface area contributed by atoms with Crippen molar-refractivity contribution in [2.24, 2.45) is 0 Å². The molecule has 0 saturated heterocycles. The molecule has 2 aromatic heterocycles. The number of fused-ring (bicyclic) bond motifs is 1. The fourth-order valence-electron chi connectivity index (χ4n) is 2.33. The van der Waals surface area contributed by atoms with Crippen LogP contribution in [0.2, 0.25) is 0 Å². The van der Waals surface area contributed by atoms with Crippen molar-refractivity contribution in [2.75, 3.05) is 14.2 Å². The lowest BCUT2D eigenvalue weighted by Crippen LogP contribution is -1.93. The molecule has 0 atom stereocenters. The van der Waals surface area contributed by atoms with Gasteiger partial charge in [-0.1, -0.05) is 24.3 Å². The van der Waals surface area contributed by atoms with E-state index in [1.807, 2.05) is 47.0 Å². The number of methoxy groups -OCH3 is 2. The molecule has 3 rings (SSSR count). The number of imidazole rings is 1. The van der Waals surface area contributed by atoms with Crippen molar-refractivity contribution >= 4 is 5.65 Å². The predicted molar refractivity (Wildman–Crippen MR) is 77.5 cm³/mol. The van der Waals surface area contributed by atoms with Gasteiger partial charge in [0.15, 0.2) is 5.88 Å². The molecule has 0 N–H and O–H groups in total. The van der Waals surface area contributed by atoms with Crippen LogP contribution in [0.1, 0.15) is 11.3 Å². The van der Waals surface area contributed by atoms with Crippen molar-refractivity contribution in [1.82, 2.24) is 9.38 Å². The van der Waals surface area contributed by atoms with Crippen LogP contribution in [-0.4, -0.2) is 23.6 Å². The first-order valence-corrected chi connectivity index (χ1v) is 6.44. The molecular formula is C16H16N2O2. The summed E-state index contributed by atoms with van der Waals surface area (Å²) in [5.41, 5.74) is 2.99. The Morgan fingerprint density at radius 2 is 1.85 bits per heavy atom. The van der Waals surface area contributed by atoms with E-state index < -0.39 is 0 Å². The van der Waals surface area contributed by atoms with Crippen LogP contribution in [-0.2, 0) is 6.42 Å². The minimum absolute atomic E-state index is 0.731. The summed E-state index contributed by atoms with van der Waals surface area (Å²) >= 11 is 0. The van der Waals surface area contributed by atoms with Crippen molar-refractivity contribution in [3.05, 3.63) is 59.9 Å². The Morgan fingerprint density at radius 1 is 1.00 bits per heavy atom. The maximum atomic E-state index is 5.38. The summed E-state index contributed by atoms with van der Waals surface area (Å²) in [5.74, 6) is 1.66. The van der Waals surface area contributed by atoms with Gasteiger partial charge < -0.3 is 9.47 Å². The molecule has 0 bridgehead atoms. The molecular weight excluding hydrogens is 252 g/mol. The number of ether oxygens (including phenoxy) is 2. The van der Waals surface area contributed by atoms with E-state index in [4.69, 9.17) is 9.47 Å². The lowest BCUT2D eigenvalue weighted by Gasteiger charge is -2.05. The second-order valence-corrected chi connectivity index (χ2v) is 4.52. The van der Waals surface area contributed by atoms with Crippen LogP contribution >= 0.6 is 0 Å². The molecule has 0 radical (unpaired) electrons. The van der Waals surface area contributed by atoms with Gasteiger partial charge in [-0.2, -0.15) is 0 Å². The summed E-state index contributed by atoms with van der Waals surface area (Å²) in [4.78, 5) is 4.62. The van der Waals surface area contributed by atoms with E-state index in [2.05, 4.69) is 11.1 Å². The Labute approximate surface area is 117 Å². The number of nitrogens with zero attached hydrogens (tertiary/aromatic N) is 2. The van der Waals surface area contributed by atoms with Gasteiger partial charge in [0.1, 0.15) is 11.4 Å². The Balaban J connectivity index is 1.99. The lowest BCUT2D eigenvalue weighted by atomic mass is 10.1. The van der Waals surface area contributed by atoms with Crippen LogP contribution in [0.25, 0.3) is 5.65 Å². The van der Waals surface area contributed by atoms with Gasteiger partial charge in [-0.25, -0.2) is 4.98 Å². The molecule has 4 heteroatoms. The van der Waals surface area contributed by atoms with E-state index in [0.29, 0.717) is 0 Å². The highest BCUT2D eigenvalue weighted by molar-refractivity contribution is 5.45. The zero-order valence-corrected chi connectivity index (χ0v) is 11.5. The van der Waals surface area contributed by atoms with E-state index in [1.165, 1.54) is 0 Å². The Kier molecular flexibility index (Phi) is 3.29. The van der Waals surface area contributed by atoms with Gasteiger partial charge in [0.25, 0.3) is 0 Å². The van der Waals surface area contributed by atoms with Gasteiger partial charge in [0.2, 0.25) is 0 Å². The molecule has 0 aliphatic heterocycles. The maximum absolute atomic E-state index is 5.38. The summed E-state index contributed by atoms with van der Waals surface area (Å²) in [6.07, 6.45) is 2.73. The normalized spacial score (nSPS) is 10.7. The van der Waals surface area contributed by atoms with Crippen molar-refractivity contribution in [2.45, 2.75) is 6.42 Å². The molecule has 0 saturated carbocycles. The molecule has 4 nitrogen and oxygen atoms in total. The van der Waals surface area contributed by atoms with E-state index in [-0.39, 0.29) is 0 Å². The number of rotatable bonds is 4. The summed E-state index contributed by atoms with van der Waals surface area (Å²) in [6, 6.07) is 13.8. The molecule has 0 fully saturated rings. The zero-order chi connectivity index (χ0) is 13.9. The van der Waals surface area contributed by atoms with Gasteiger partial charge in [-0.05, 0) is 18.2 Å². The maximum Gasteiger partial charge on any atom is 0.198 e. The molecule has 20 heavy (non-hydrogen) atoms. The van der Waals surface area contributed by atoms with Crippen LogP contribution in [0.4, 0.5) is 0 Å². The summed E-state index contributed by atoms with van der Waals surface area (Å²) in [6.45, 7) is 0. The minimum atomic E-state index is 0.731. The van der Waals surface area contributed by atoms with E-state index in [1.54, 1.807) is 14.2 Å². The van der Waals surface area contributed by atoms with Gasteiger partial charge >= 0.3 is 0 Å². The highest BCUT2D eigenvalue weighted by atomic mass is 16.5. The molecule has 0 aliphatic carbocycles. The third-order valence-electron chi connectivity index (χ3n) is 3.28. The Hall–Kier alpha value is -2.49. The first-order chi connectivity index (χ1) is 9.81. The third kappa shape index (κ3) is 2.20. The van der Waals surface area contributed by atoms with Crippen molar-refractivity contribution in [3.8, 4) is 11.6 Å². The molecule has 0 spiro atoms. The van der Waals surface area contributed by atoms with E-state index in [9.17, 15) is 0 Å². The van der Waals surface area contributed by atoms with Gasteiger partial charge in [0.05, 0.1) is 19.9 Å². The van der Waals surface area contributed by atoms with Gasteiger partial charge in [-0.15, -0.1) is 0 Å². The van der Waals surface area contributed by atoms with Gasteiger partial charge in [0, 0.05) is 18.2 Å². The smallest absolute Gasteiger partial charge is 0.198 e. The molecule has 102 valence electrons. The zero-order valence-electron chi connectivity index (χ0n) is 11.5. The van der Waals surface area contributed by atoms with Crippen molar-refractivity contribution in [3.63, 3.8) is 0 Å². The molecule has 2 heterocycles. The minimum Gasteiger partial charge on any atom is -0.496 e. The monoisotopic (exact) mass is 268 g/mol. The Morgan fingerprint density at radius 3 is 2.65 bits per heavy atom. The Bertz CT molecular complexity index is 734. The second kappa shape index (κ2) is 5.25. The van der Waals surface area contributed by atoms with E-state index >= 15 is 0 Å². The van der Waals surface area contributed by atoms with Crippen LogP contribution in [0.5, 0.6) is 11.6 Å². The molecule has 1 aromatic carbocycles. The second-order valence-electron chi connectivity index (χ2n) is 4.52. The lowest BCUT2D eigenvalue weighted by molar-refractivity contribution is 0.392. The van der Waals surface area contributed by atoms with Crippen molar-refractivity contribution in [1.29, 1.82) is 0 Å². The number of aromatic nitrogens is 2. The summed E-state index contributed by atoms with van der Waals surface area (Å²) in [5, 5.41) is 0. The van der Waals surface area contributed by atoms with Crippen LogP contribution in [0.3, 0.4) is 0 Å². The van der Waals surface area contributed by atoms with Crippen LogP contribution in [0.15, 0.2) is 48.7 Å². The quantitative estimate of drug-likeness (QED) is 0.730. The first-order valence-electron chi connectivity index (χ1n) is 6.44. The molecule has 0 unspecified atom stereocenters. The van der Waals surface area contributed by atoms with E-state index in [0.717, 1.165) is 35.0 Å². The number of hydrogen-bond donors (Lipinski definition) is 0. The fraction of sp³-hybridized carbons (Fsp3) is 0.188. The molecule has 3 aromatic rings. The summed E-state index contributed by atoms with van der Waals surface area (Å²) < 4.78 is 12.7. The predicted octanol–water partition coefficient (Wildman–Crippen LogP) is 2.94. The molecule has 0 amide bonds.